The number of hydrogen-bond acceptors (Lipinski definition) is 4. The van der Waals surface area contributed by atoms with Gasteiger partial charge >= 0.3 is 0 Å². The van der Waals surface area contributed by atoms with Crippen molar-refractivity contribution in [2.75, 3.05) is 7.11 Å². The minimum absolute atomic E-state index is 0.220. The number of nitrogens with one attached hydrogen (secondary N) is 1. The second-order valence-corrected chi connectivity index (χ2v) is 1.52. The predicted octanol–water partition coefficient (Wildman–Crippen LogP) is 0.0192. The number of oxime groups is 1. The summed E-state index contributed by atoms with van der Waals surface area (Å²) >= 11 is 0. The Hall–Kier alpha value is -0.900. The Morgan fingerprint density at radius 2 is 2.44 bits per heavy atom. The van der Waals surface area contributed by atoms with Gasteiger partial charge in [0, 0.05) is 6.21 Å². The first-order chi connectivity index (χ1) is 4.22. The fraction of sp³-hybridized carbons (Fsp3) is 0.600. The van der Waals surface area contributed by atoms with Crippen molar-refractivity contribution >= 4 is 11.9 Å². The molecule has 0 rings (SSSR count). The lowest BCUT2D eigenvalue weighted by atomic mass is 10.3. The molecule has 0 saturated heterocycles. The van der Waals surface area contributed by atoms with Gasteiger partial charge in [0.05, 0.1) is 6.10 Å². The molecule has 2 N–H and O–H groups in total. The van der Waals surface area contributed by atoms with Crippen LogP contribution in [0.5, 0.6) is 0 Å². The summed E-state index contributed by atoms with van der Waals surface area (Å²) in [4.78, 5) is 4.33. The first-order valence-electron chi connectivity index (χ1n) is 2.52. The van der Waals surface area contributed by atoms with Crippen molar-refractivity contribution < 1.29 is 9.94 Å². The van der Waals surface area contributed by atoms with Gasteiger partial charge in [-0.15, -0.1) is 0 Å². The summed E-state index contributed by atoms with van der Waals surface area (Å²) in [7, 11) is 1.37. The van der Waals surface area contributed by atoms with Crippen molar-refractivity contribution in [3.05, 3.63) is 0 Å². The summed E-state index contributed by atoms with van der Waals surface area (Å²) < 4.78 is 0. The van der Waals surface area contributed by atoms with Crippen molar-refractivity contribution in [3.8, 4) is 0 Å². The van der Waals surface area contributed by atoms with Gasteiger partial charge in [0.2, 0.25) is 0 Å². The lowest BCUT2D eigenvalue weighted by molar-refractivity contribution is 0.201. The molecule has 0 fully saturated rings. The highest BCUT2D eigenvalue weighted by atomic mass is 16.6. The number of aliphatic hydroxyl groups excluding tert-OH is 1. The molecule has 0 amide bonds. The van der Waals surface area contributed by atoms with Crippen LogP contribution >= 0.6 is 0 Å². The lowest BCUT2D eigenvalue weighted by Gasteiger charge is -1.99. The molecule has 0 aliphatic heterocycles. The molecule has 4 heteroatoms. The van der Waals surface area contributed by atoms with Gasteiger partial charge in [-0.2, -0.15) is 0 Å². The van der Waals surface area contributed by atoms with Crippen molar-refractivity contribution in [3.63, 3.8) is 0 Å². The van der Waals surface area contributed by atoms with E-state index >= 15 is 0 Å². The normalized spacial score (nSPS) is 14.8. The quantitative estimate of drug-likeness (QED) is 0.417. The van der Waals surface area contributed by atoms with Gasteiger partial charge in [-0.1, -0.05) is 5.16 Å². The third kappa shape index (κ3) is 2.81. The monoisotopic (exact) mass is 130 g/mol. The van der Waals surface area contributed by atoms with Crippen LogP contribution in [-0.2, 0) is 4.84 Å². The zero-order valence-corrected chi connectivity index (χ0v) is 5.46. The average molecular weight is 130 g/mol. The van der Waals surface area contributed by atoms with Gasteiger partial charge in [0.1, 0.15) is 12.8 Å². The van der Waals surface area contributed by atoms with E-state index in [1.54, 1.807) is 0 Å². The van der Waals surface area contributed by atoms with Gasteiger partial charge < -0.3 is 15.4 Å². The molecular weight excluding hydrogens is 120 g/mol. The van der Waals surface area contributed by atoms with Gasteiger partial charge in [-0.05, 0) is 6.92 Å². The average Bonchev–Trinajstić information content (AvgIpc) is 1.82. The van der Waals surface area contributed by atoms with E-state index in [-0.39, 0.29) is 5.71 Å². The Labute approximate surface area is 53.6 Å². The van der Waals surface area contributed by atoms with Crippen LogP contribution in [0.2, 0.25) is 0 Å². The highest BCUT2D eigenvalue weighted by Gasteiger charge is 2.01. The number of aliphatic hydroxyl groups is 1. The molecular formula is C5H10N2O2. The van der Waals surface area contributed by atoms with Crippen LogP contribution in [0.3, 0.4) is 0 Å². The SMILES string of the molecule is CON=C(C=N)C(C)O. The summed E-state index contributed by atoms with van der Waals surface area (Å²) in [6, 6.07) is 0. The van der Waals surface area contributed by atoms with E-state index in [9.17, 15) is 0 Å². The van der Waals surface area contributed by atoms with E-state index in [2.05, 4.69) is 9.99 Å². The van der Waals surface area contributed by atoms with Crippen molar-refractivity contribution in [2.45, 2.75) is 13.0 Å². The van der Waals surface area contributed by atoms with Crippen molar-refractivity contribution in [1.82, 2.24) is 0 Å². The molecule has 0 aliphatic carbocycles. The maximum Gasteiger partial charge on any atom is 0.125 e. The second kappa shape index (κ2) is 4.03. The minimum Gasteiger partial charge on any atom is -0.399 e. The van der Waals surface area contributed by atoms with Gasteiger partial charge in [0.15, 0.2) is 0 Å². The Morgan fingerprint density at radius 1 is 1.89 bits per heavy atom. The van der Waals surface area contributed by atoms with E-state index < -0.39 is 6.10 Å². The van der Waals surface area contributed by atoms with Crippen LogP contribution in [0.1, 0.15) is 6.92 Å². The Kier molecular flexibility index (Phi) is 3.62. The lowest BCUT2D eigenvalue weighted by Crippen LogP contribution is -2.17. The highest BCUT2D eigenvalue weighted by Crippen LogP contribution is 1.84. The Balaban J connectivity index is 3.97. The molecule has 4 nitrogen and oxygen atoms in total. The summed E-state index contributed by atoms with van der Waals surface area (Å²) in [5, 5.41) is 18.8. The largest absolute Gasteiger partial charge is 0.399 e. The molecule has 1 atom stereocenters. The summed E-state index contributed by atoms with van der Waals surface area (Å²) in [6.45, 7) is 1.52. The zero-order valence-electron chi connectivity index (χ0n) is 5.46. The molecule has 0 bridgehead atoms. The predicted molar refractivity (Wildman–Crippen MR) is 34.9 cm³/mol. The Morgan fingerprint density at radius 3 is 2.56 bits per heavy atom. The Bertz CT molecular complexity index is 120. The smallest absolute Gasteiger partial charge is 0.125 e. The summed E-state index contributed by atoms with van der Waals surface area (Å²) in [5.74, 6) is 0. The molecule has 0 aromatic rings. The molecule has 52 valence electrons. The molecule has 0 heterocycles. The summed E-state index contributed by atoms with van der Waals surface area (Å²) in [5.41, 5.74) is 0.220. The van der Waals surface area contributed by atoms with E-state index in [0.717, 1.165) is 6.21 Å². The topological polar surface area (TPSA) is 65.7 Å². The summed E-state index contributed by atoms with van der Waals surface area (Å²) in [6.07, 6.45) is 0.219. The maximum atomic E-state index is 8.78. The standard InChI is InChI=1S/C5H10N2O2/c1-4(8)5(3-6)7-9-2/h3-4,6,8H,1-2H3. The van der Waals surface area contributed by atoms with E-state index in [1.807, 2.05) is 0 Å². The molecule has 0 spiro atoms. The van der Waals surface area contributed by atoms with Crippen molar-refractivity contribution in [2.24, 2.45) is 5.16 Å². The van der Waals surface area contributed by atoms with E-state index in [1.165, 1.54) is 14.0 Å². The van der Waals surface area contributed by atoms with Crippen LogP contribution < -0.4 is 0 Å². The van der Waals surface area contributed by atoms with Crippen LogP contribution in [0.15, 0.2) is 5.16 Å². The van der Waals surface area contributed by atoms with Crippen LogP contribution in [0.25, 0.3) is 0 Å². The van der Waals surface area contributed by atoms with Crippen molar-refractivity contribution in [1.29, 1.82) is 5.41 Å². The molecule has 0 aromatic heterocycles. The van der Waals surface area contributed by atoms with E-state index in [0.29, 0.717) is 0 Å². The van der Waals surface area contributed by atoms with Crippen LogP contribution in [0.4, 0.5) is 0 Å². The molecule has 0 aromatic carbocycles. The fourth-order valence-electron chi connectivity index (χ4n) is 0.329. The maximum absolute atomic E-state index is 8.78. The fourth-order valence-corrected chi connectivity index (χ4v) is 0.329. The number of rotatable bonds is 3. The zero-order chi connectivity index (χ0) is 7.28. The van der Waals surface area contributed by atoms with E-state index in [4.69, 9.17) is 10.5 Å². The number of nitrogens with zero attached hydrogens (tertiary/aromatic N) is 1. The molecule has 1 unspecified atom stereocenters. The van der Waals surface area contributed by atoms with Crippen LogP contribution in [-0.4, -0.2) is 30.2 Å². The van der Waals surface area contributed by atoms with Gasteiger partial charge in [0.25, 0.3) is 0 Å². The first-order valence-corrected chi connectivity index (χ1v) is 2.52. The minimum atomic E-state index is -0.734. The first kappa shape index (κ1) is 8.10. The molecule has 0 saturated carbocycles. The van der Waals surface area contributed by atoms with Gasteiger partial charge in [-0.25, -0.2) is 0 Å². The van der Waals surface area contributed by atoms with Crippen LogP contribution in [0, 0.1) is 5.41 Å². The molecule has 0 radical (unpaired) electrons. The third-order valence-corrected chi connectivity index (χ3v) is 0.773. The highest BCUT2D eigenvalue weighted by molar-refractivity contribution is 6.31. The number of hydrogen-bond donors (Lipinski definition) is 2. The second-order valence-electron chi connectivity index (χ2n) is 1.52. The van der Waals surface area contributed by atoms with Gasteiger partial charge in [-0.3, -0.25) is 0 Å². The molecule has 9 heavy (non-hydrogen) atoms. The molecule has 0 aliphatic rings. The third-order valence-electron chi connectivity index (χ3n) is 0.773.